The molecule has 0 saturated heterocycles. The van der Waals surface area contributed by atoms with Gasteiger partial charge in [-0.2, -0.15) is 0 Å². The minimum atomic E-state index is 0.704. The zero-order chi connectivity index (χ0) is 18.9. The molecule has 0 unspecified atom stereocenters. The van der Waals surface area contributed by atoms with E-state index < -0.39 is 0 Å². The van der Waals surface area contributed by atoms with Gasteiger partial charge in [0.25, 0.3) is 0 Å². The molecule has 0 radical (unpaired) electrons. The molecule has 0 heterocycles. The number of hydrogen-bond acceptors (Lipinski definition) is 1. The van der Waals surface area contributed by atoms with E-state index in [0.29, 0.717) is 6.61 Å². The Morgan fingerprint density at radius 3 is 2.11 bits per heavy atom. The van der Waals surface area contributed by atoms with Crippen LogP contribution in [0.1, 0.15) is 77.2 Å². The van der Waals surface area contributed by atoms with Crippen molar-refractivity contribution in [3.8, 4) is 17.6 Å². The van der Waals surface area contributed by atoms with E-state index in [1.165, 1.54) is 57.8 Å². The minimum Gasteiger partial charge on any atom is -0.494 e. The van der Waals surface area contributed by atoms with Crippen LogP contribution < -0.4 is 4.74 Å². The molecule has 0 amide bonds. The molecule has 0 aromatic heterocycles. The lowest BCUT2D eigenvalue weighted by molar-refractivity contribution is 0.154. The van der Waals surface area contributed by atoms with Crippen molar-refractivity contribution < 1.29 is 4.74 Å². The van der Waals surface area contributed by atoms with Crippen molar-refractivity contribution >= 4 is 0 Å². The summed E-state index contributed by atoms with van der Waals surface area (Å²) in [5, 5.41) is 0. The lowest BCUT2D eigenvalue weighted by Gasteiger charge is -2.37. The van der Waals surface area contributed by atoms with E-state index >= 15 is 0 Å². The Morgan fingerprint density at radius 1 is 0.889 bits per heavy atom. The van der Waals surface area contributed by atoms with Crippen LogP contribution in [-0.2, 0) is 0 Å². The van der Waals surface area contributed by atoms with Gasteiger partial charge >= 0.3 is 0 Å². The van der Waals surface area contributed by atoms with Gasteiger partial charge in [-0.3, -0.25) is 0 Å². The Bertz CT molecular complexity index is 629. The van der Waals surface area contributed by atoms with Crippen LogP contribution in [0.2, 0.25) is 0 Å². The second-order valence-corrected chi connectivity index (χ2v) is 8.45. The first-order valence-electron chi connectivity index (χ1n) is 11.2. The van der Waals surface area contributed by atoms with Crippen molar-refractivity contribution in [3.05, 3.63) is 42.0 Å². The van der Waals surface area contributed by atoms with E-state index in [-0.39, 0.29) is 0 Å². The third-order valence-corrected chi connectivity index (χ3v) is 6.79. The zero-order valence-corrected chi connectivity index (χ0v) is 17.3. The van der Waals surface area contributed by atoms with Crippen molar-refractivity contribution in [1.29, 1.82) is 0 Å². The predicted molar refractivity (Wildman–Crippen MR) is 115 cm³/mol. The topological polar surface area (TPSA) is 9.23 Å². The molecule has 1 heteroatoms. The van der Waals surface area contributed by atoms with Crippen LogP contribution in [0.4, 0.5) is 0 Å². The Hall–Kier alpha value is -1.68. The number of benzene rings is 1. The van der Waals surface area contributed by atoms with E-state index in [1.54, 1.807) is 0 Å². The highest BCUT2D eigenvalue weighted by Gasteiger charge is 2.29. The molecule has 0 spiro atoms. The van der Waals surface area contributed by atoms with Gasteiger partial charge in [-0.15, -0.1) is 0 Å². The number of ether oxygens (including phenoxy) is 1. The molecule has 2 fully saturated rings. The van der Waals surface area contributed by atoms with Crippen molar-refractivity contribution in [1.82, 2.24) is 0 Å². The van der Waals surface area contributed by atoms with Gasteiger partial charge in [0.2, 0.25) is 0 Å². The van der Waals surface area contributed by atoms with E-state index in [4.69, 9.17) is 4.74 Å². The van der Waals surface area contributed by atoms with Gasteiger partial charge in [0.1, 0.15) is 5.75 Å². The van der Waals surface area contributed by atoms with Crippen LogP contribution in [0.15, 0.2) is 36.4 Å². The van der Waals surface area contributed by atoms with Gasteiger partial charge in [0.15, 0.2) is 0 Å². The Balaban J connectivity index is 1.40. The fourth-order valence-corrected chi connectivity index (χ4v) is 4.99. The maximum absolute atomic E-state index is 5.47. The van der Waals surface area contributed by atoms with Gasteiger partial charge in [-0.1, -0.05) is 44.1 Å². The van der Waals surface area contributed by atoms with Crippen molar-refractivity contribution in [3.63, 3.8) is 0 Å². The van der Waals surface area contributed by atoms with Gasteiger partial charge in [0, 0.05) is 5.56 Å². The highest BCUT2D eigenvalue weighted by molar-refractivity contribution is 5.40. The van der Waals surface area contributed by atoms with E-state index in [2.05, 4.69) is 30.9 Å². The molecule has 1 aromatic carbocycles. The van der Waals surface area contributed by atoms with Gasteiger partial charge in [-0.05, 0) is 99.5 Å². The SMILES string of the molecule is CCOc1ccc(C#CC=CC2CCC(C3CCC(CC)CC3)CC2)cc1. The molecule has 3 rings (SSSR count). The standard InChI is InChI=1S/C26H36O/c1-3-21-9-15-24(16-10-21)25-17-11-22(12-18-25)7-5-6-8-23-13-19-26(20-14-23)27-4-2/h5,7,13-14,19-22,24-25H,3-4,9-12,15-18H2,1-2H3. The molecule has 2 aliphatic carbocycles. The van der Waals surface area contributed by atoms with E-state index in [0.717, 1.165) is 35.0 Å². The zero-order valence-electron chi connectivity index (χ0n) is 17.3. The van der Waals surface area contributed by atoms with Crippen LogP contribution in [0.3, 0.4) is 0 Å². The quantitative estimate of drug-likeness (QED) is 0.510. The van der Waals surface area contributed by atoms with Crippen LogP contribution in [0.5, 0.6) is 5.75 Å². The monoisotopic (exact) mass is 364 g/mol. The second kappa shape index (κ2) is 10.6. The molecular formula is C26H36O. The lowest BCUT2D eigenvalue weighted by Crippen LogP contribution is -2.25. The summed E-state index contributed by atoms with van der Waals surface area (Å²) in [7, 11) is 0. The lowest BCUT2D eigenvalue weighted by atomic mass is 9.69. The summed E-state index contributed by atoms with van der Waals surface area (Å²) in [5.74, 6) is 11.2. The summed E-state index contributed by atoms with van der Waals surface area (Å²) in [6.07, 6.45) is 17.4. The molecule has 0 aliphatic heterocycles. The van der Waals surface area contributed by atoms with Gasteiger partial charge in [-0.25, -0.2) is 0 Å². The predicted octanol–water partition coefficient (Wildman–Crippen LogP) is 7.02. The number of hydrogen-bond donors (Lipinski definition) is 0. The molecular weight excluding hydrogens is 328 g/mol. The smallest absolute Gasteiger partial charge is 0.119 e. The summed E-state index contributed by atoms with van der Waals surface area (Å²) >= 11 is 0. The van der Waals surface area contributed by atoms with E-state index in [1.807, 2.05) is 31.2 Å². The normalized spacial score (nSPS) is 28.5. The molecule has 0 bridgehead atoms. The highest BCUT2D eigenvalue weighted by atomic mass is 16.5. The summed E-state index contributed by atoms with van der Waals surface area (Å²) in [6.45, 7) is 5.07. The minimum absolute atomic E-state index is 0.704. The molecule has 2 aliphatic rings. The fourth-order valence-electron chi connectivity index (χ4n) is 4.99. The first kappa shape index (κ1) is 20.1. The van der Waals surface area contributed by atoms with Gasteiger partial charge < -0.3 is 4.74 Å². The summed E-state index contributed by atoms with van der Waals surface area (Å²) in [4.78, 5) is 0. The van der Waals surface area contributed by atoms with Crippen molar-refractivity contribution in [2.24, 2.45) is 23.7 Å². The second-order valence-electron chi connectivity index (χ2n) is 8.45. The summed E-state index contributed by atoms with van der Waals surface area (Å²) in [6, 6.07) is 8.05. The van der Waals surface area contributed by atoms with Crippen LogP contribution in [0, 0.1) is 35.5 Å². The molecule has 1 aromatic rings. The molecule has 0 N–H and O–H groups in total. The fraction of sp³-hybridized carbons (Fsp3) is 0.615. The van der Waals surface area contributed by atoms with Crippen molar-refractivity contribution in [2.45, 2.75) is 71.6 Å². The Morgan fingerprint density at radius 2 is 1.52 bits per heavy atom. The molecule has 2 saturated carbocycles. The summed E-state index contributed by atoms with van der Waals surface area (Å²) in [5.41, 5.74) is 1.05. The van der Waals surface area contributed by atoms with Crippen LogP contribution in [-0.4, -0.2) is 6.61 Å². The first-order valence-corrected chi connectivity index (χ1v) is 11.2. The van der Waals surface area contributed by atoms with Crippen LogP contribution >= 0.6 is 0 Å². The van der Waals surface area contributed by atoms with Crippen molar-refractivity contribution in [2.75, 3.05) is 6.61 Å². The molecule has 146 valence electrons. The average molecular weight is 365 g/mol. The molecule has 1 nitrogen and oxygen atoms in total. The summed E-state index contributed by atoms with van der Waals surface area (Å²) < 4.78 is 5.47. The Labute approximate surface area is 166 Å². The maximum atomic E-state index is 5.47. The third-order valence-electron chi connectivity index (χ3n) is 6.79. The number of rotatable bonds is 5. The maximum Gasteiger partial charge on any atom is 0.119 e. The highest BCUT2D eigenvalue weighted by Crippen LogP contribution is 2.42. The molecule has 27 heavy (non-hydrogen) atoms. The number of allylic oxidation sites excluding steroid dienone is 2. The Kier molecular flexibility index (Phi) is 7.88. The van der Waals surface area contributed by atoms with Gasteiger partial charge in [0.05, 0.1) is 6.61 Å². The average Bonchev–Trinajstić information content (AvgIpc) is 2.73. The van der Waals surface area contributed by atoms with E-state index in [9.17, 15) is 0 Å². The molecule has 0 atom stereocenters. The van der Waals surface area contributed by atoms with Crippen LogP contribution in [0.25, 0.3) is 0 Å². The first-order chi connectivity index (χ1) is 13.3. The third kappa shape index (κ3) is 6.17. The largest absolute Gasteiger partial charge is 0.494 e.